The van der Waals surface area contributed by atoms with Crippen LogP contribution < -0.4 is 5.59 Å². The number of pyridine rings is 1. The van der Waals surface area contributed by atoms with Crippen LogP contribution in [0.3, 0.4) is 0 Å². The second-order valence-electron chi connectivity index (χ2n) is 3.31. The molecule has 0 amide bonds. The van der Waals surface area contributed by atoms with Gasteiger partial charge >= 0.3 is 0 Å². The van der Waals surface area contributed by atoms with Gasteiger partial charge in [-0.25, -0.2) is 0 Å². The van der Waals surface area contributed by atoms with Gasteiger partial charge < -0.3 is 9.47 Å². The molecule has 68 valence electrons. The van der Waals surface area contributed by atoms with Crippen molar-refractivity contribution in [2.45, 2.75) is 12.7 Å². The number of rotatable bonds is 1. The molecule has 0 unspecified atom stereocenters. The van der Waals surface area contributed by atoms with Gasteiger partial charge in [0.2, 0.25) is 5.79 Å². The lowest BCUT2D eigenvalue weighted by Gasteiger charge is -2.21. The molecule has 0 aliphatic carbocycles. The molecule has 3 nitrogen and oxygen atoms in total. The molecular formula is C9H12BNO2. The van der Waals surface area contributed by atoms with E-state index in [1.54, 1.807) is 0 Å². The summed E-state index contributed by atoms with van der Waals surface area (Å²) in [6.45, 7) is 3.19. The summed E-state index contributed by atoms with van der Waals surface area (Å²) in [5, 5.41) is 0. The van der Waals surface area contributed by atoms with Crippen LogP contribution in [0.4, 0.5) is 0 Å². The first kappa shape index (κ1) is 8.72. The molecule has 1 aliphatic rings. The lowest BCUT2D eigenvalue weighted by atomic mass is 10.0. The average Bonchev–Trinajstić information content (AvgIpc) is 2.54. The van der Waals surface area contributed by atoms with Crippen molar-refractivity contribution in [1.82, 2.24) is 4.98 Å². The molecular weight excluding hydrogens is 165 g/mol. The van der Waals surface area contributed by atoms with Crippen LogP contribution in [-0.4, -0.2) is 26.0 Å². The summed E-state index contributed by atoms with van der Waals surface area (Å²) >= 11 is 0. The third-order valence-electron chi connectivity index (χ3n) is 2.19. The van der Waals surface area contributed by atoms with E-state index in [0.29, 0.717) is 13.2 Å². The van der Waals surface area contributed by atoms with Crippen molar-refractivity contribution in [1.29, 1.82) is 0 Å². The molecule has 1 aromatic heterocycles. The van der Waals surface area contributed by atoms with Crippen LogP contribution in [-0.2, 0) is 15.3 Å². The van der Waals surface area contributed by atoms with Gasteiger partial charge in [-0.1, -0.05) is 12.1 Å². The van der Waals surface area contributed by atoms with Crippen LogP contribution in [0.1, 0.15) is 12.6 Å². The highest BCUT2D eigenvalue weighted by Crippen LogP contribution is 2.28. The molecule has 0 spiro atoms. The van der Waals surface area contributed by atoms with E-state index in [9.17, 15) is 0 Å². The molecule has 0 bridgehead atoms. The quantitative estimate of drug-likeness (QED) is 0.545. The summed E-state index contributed by atoms with van der Waals surface area (Å²) in [5.41, 5.74) is 1.84. The molecule has 2 heterocycles. The van der Waals surface area contributed by atoms with Gasteiger partial charge in [-0.15, -0.1) is 0 Å². The molecule has 13 heavy (non-hydrogen) atoms. The monoisotopic (exact) mass is 177 g/mol. The summed E-state index contributed by atoms with van der Waals surface area (Å²) in [6.07, 6.45) is 0. The molecule has 1 fully saturated rings. The van der Waals surface area contributed by atoms with Crippen LogP contribution in [0.5, 0.6) is 0 Å². The van der Waals surface area contributed by atoms with Gasteiger partial charge in [0.1, 0.15) is 0 Å². The second kappa shape index (κ2) is 3.12. The Balaban J connectivity index is 2.33. The summed E-state index contributed by atoms with van der Waals surface area (Å²) in [6, 6.07) is 5.86. The first-order valence-corrected chi connectivity index (χ1v) is 4.43. The van der Waals surface area contributed by atoms with E-state index >= 15 is 0 Å². The highest BCUT2D eigenvalue weighted by molar-refractivity contribution is 6.30. The zero-order valence-corrected chi connectivity index (χ0v) is 7.91. The van der Waals surface area contributed by atoms with E-state index in [-0.39, 0.29) is 0 Å². The van der Waals surface area contributed by atoms with Crippen molar-refractivity contribution >= 4 is 13.4 Å². The summed E-state index contributed by atoms with van der Waals surface area (Å²) in [4.78, 5) is 4.38. The van der Waals surface area contributed by atoms with Gasteiger partial charge in [-0.05, 0) is 18.6 Å². The van der Waals surface area contributed by atoms with Gasteiger partial charge in [-0.2, -0.15) is 0 Å². The molecule has 0 atom stereocenters. The van der Waals surface area contributed by atoms with Gasteiger partial charge in [0.05, 0.1) is 18.9 Å². The minimum Gasteiger partial charge on any atom is -0.342 e. The Morgan fingerprint density at radius 2 is 2.08 bits per heavy atom. The minimum absolute atomic E-state index is 0.633. The Labute approximate surface area is 78.5 Å². The first-order chi connectivity index (χ1) is 6.21. The van der Waals surface area contributed by atoms with Crippen molar-refractivity contribution in [3.8, 4) is 0 Å². The molecule has 0 saturated carbocycles. The number of aromatic nitrogens is 1. The zero-order chi connectivity index (χ0) is 9.31. The highest BCUT2D eigenvalue weighted by Gasteiger charge is 2.34. The van der Waals surface area contributed by atoms with Crippen LogP contribution in [0, 0.1) is 0 Å². The lowest BCUT2D eigenvalue weighted by Crippen LogP contribution is -2.26. The molecule has 1 aliphatic heterocycles. The Morgan fingerprint density at radius 1 is 1.38 bits per heavy atom. The number of hydrogen-bond acceptors (Lipinski definition) is 3. The van der Waals surface area contributed by atoms with Crippen molar-refractivity contribution in [3.05, 3.63) is 23.9 Å². The van der Waals surface area contributed by atoms with Crippen molar-refractivity contribution in [3.63, 3.8) is 0 Å². The smallest absolute Gasteiger partial charge is 0.209 e. The van der Waals surface area contributed by atoms with Crippen LogP contribution in [0.25, 0.3) is 0 Å². The average molecular weight is 177 g/mol. The fraction of sp³-hybridized carbons (Fsp3) is 0.444. The highest BCUT2D eigenvalue weighted by atomic mass is 16.7. The number of ether oxygens (including phenoxy) is 2. The van der Waals surface area contributed by atoms with E-state index in [4.69, 9.17) is 9.47 Å². The fourth-order valence-corrected chi connectivity index (χ4v) is 1.46. The standard InChI is InChI=1S/C9H12BNO2/c1-9(12-5-6-13-9)7-3-2-4-8(10)11-7/h2-4H,5-6,10H2,1H3. The van der Waals surface area contributed by atoms with E-state index in [1.807, 2.05) is 33.0 Å². The molecule has 1 saturated heterocycles. The Bertz CT molecular complexity index is 310. The Hall–Kier alpha value is -0.865. The van der Waals surface area contributed by atoms with Crippen LogP contribution in [0.2, 0.25) is 0 Å². The predicted molar refractivity (Wildman–Crippen MR) is 51.7 cm³/mol. The molecule has 0 radical (unpaired) electrons. The van der Waals surface area contributed by atoms with Crippen LogP contribution >= 0.6 is 0 Å². The first-order valence-electron chi connectivity index (χ1n) is 4.43. The predicted octanol–water partition coefficient (Wildman–Crippen LogP) is -0.441. The van der Waals surface area contributed by atoms with Gasteiger partial charge in [0.15, 0.2) is 7.85 Å². The summed E-state index contributed by atoms with van der Waals surface area (Å²) in [7, 11) is 1.96. The fourth-order valence-electron chi connectivity index (χ4n) is 1.46. The SMILES string of the molecule is Bc1cccc(C2(C)OCCO2)n1. The molecule has 0 N–H and O–H groups in total. The maximum absolute atomic E-state index is 5.50. The maximum Gasteiger partial charge on any atom is 0.209 e. The molecule has 0 aromatic carbocycles. The zero-order valence-electron chi connectivity index (χ0n) is 7.91. The van der Waals surface area contributed by atoms with Gasteiger partial charge in [0.25, 0.3) is 0 Å². The summed E-state index contributed by atoms with van der Waals surface area (Å²) in [5.74, 6) is -0.633. The van der Waals surface area contributed by atoms with E-state index in [2.05, 4.69) is 4.98 Å². The van der Waals surface area contributed by atoms with Crippen molar-refractivity contribution < 1.29 is 9.47 Å². The molecule has 2 rings (SSSR count). The van der Waals surface area contributed by atoms with Crippen molar-refractivity contribution in [2.75, 3.05) is 13.2 Å². The third kappa shape index (κ3) is 1.60. The Kier molecular flexibility index (Phi) is 2.10. The molecule has 4 heteroatoms. The molecule has 1 aromatic rings. The maximum atomic E-state index is 5.50. The topological polar surface area (TPSA) is 31.4 Å². The Morgan fingerprint density at radius 3 is 2.69 bits per heavy atom. The van der Waals surface area contributed by atoms with Crippen molar-refractivity contribution in [2.24, 2.45) is 0 Å². The van der Waals surface area contributed by atoms with E-state index in [1.165, 1.54) is 0 Å². The van der Waals surface area contributed by atoms with E-state index < -0.39 is 5.79 Å². The number of nitrogens with zero attached hydrogens (tertiary/aromatic N) is 1. The third-order valence-corrected chi connectivity index (χ3v) is 2.19. The van der Waals surface area contributed by atoms with Gasteiger partial charge in [-0.3, -0.25) is 4.98 Å². The van der Waals surface area contributed by atoms with Crippen LogP contribution in [0.15, 0.2) is 18.2 Å². The largest absolute Gasteiger partial charge is 0.342 e. The van der Waals surface area contributed by atoms with E-state index in [0.717, 1.165) is 11.3 Å². The number of hydrogen-bond donors (Lipinski definition) is 0. The minimum atomic E-state index is -0.633. The summed E-state index contributed by atoms with van der Waals surface area (Å²) < 4.78 is 11.0. The normalized spacial score (nSPS) is 20.4. The second-order valence-corrected chi connectivity index (χ2v) is 3.31. The van der Waals surface area contributed by atoms with Gasteiger partial charge in [0, 0.05) is 0 Å². The lowest BCUT2D eigenvalue weighted by molar-refractivity contribution is -0.152.